The average Bonchev–Trinajstić information content (AvgIpc) is 2.47. The van der Waals surface area contributed by atoms with Crippen LogP contribution in [0.5, 0.6) is 0 Å². The standard InChI is InChI=1S/C15H17N3OS/c1-11-3-2-4-12(7-11)9-20-10-13-5-6-17-14(8-13)15(16)18-19/h2-8,19H,9-10H2,1H3,(H2,16,18). The number of hydrogen-bond acceptors (Lipinski definition) is 4. The summed E-state index contributed by atoms with van der Waals surface area (Å²) >= 11 is 1.83. The molecule has 0 saturated heterocycles. The Bertz CT molecular complexity index is 614. The molecule has 0 saturated carbocycles. The number of rotatable bonds is 5. The van der Waals surface area contributed by atoms with E-state index in [1.165, 1.54) is 11.1 Å². The van der Waals surface area contributed by atoms with Crippen molar-refractivity contribution in [2.45, 2.75) is 18.4 Å². The van der Waals surface area contributed by atoms with E-state index in [2.05, 4.69) is 41.3 Å². The molecular weight excluding hydrogens is 270 g/mol. The highest BCUT2D eigenvalue weighted by Gasteiger charge is 2.03. The van der Waals surface area contributed by atoms with Gasteiger partial charge in [-0.25, -0.2) is 0 Å². The number of hydrogen-bond donors (Lipinski definition) is 2. The van der Waals surface area contributed by atoms with E-state index in [-0.39, 0.29) is 5.84 Å². The number of benzene rings is 1. The lowest BCUT2D eigenvalue weighted by Gasteiger charge is -2.05. The number of aromatic nitrogens is 1. The number of amidine groups is 1. The number of aryl methyl sites for hydroxylation is 1. The van der Waals surface area contributed by atoms with Gasteiger partial charge in [-0.2, -0.15) is 11.8 Å². The summed E-state index contributed by atoms with van der Waals surface area (Å²) in [6.07, 6.45) is 1.68. The van der Waals surface area contributed by atoms with E-state index in [1.807, 2.05) is 23.9 Å². The molecule has 0 atom stereocenters. The smallest absolute Gasteiger partial charge is 0.188 e. The minimum atomic E-state index is 0.0375. The minimum absolute atomic E-state index is 0.0375. The first-order chi connectivity index (χ1) is 9.69. The van der Waals surface area contributed by atoms with Crippen LogP contribution in [0, 0.1) is 6.92 Å². The van der Waals surface area contributed by atoms with Crippen LogP contribution in [0.15, 0.2) is 47.8 Å². The third-order valence-corrected chi connectivity index (χ3v) is 3.89. The van der Waals surface area contributed by atoms with Crippen LogP contribution in [-0.2, 0) is 11.5 Å². The topological polar surface area (TPSA) is 71.5 Å². The van der Waals surface area contributed by atoms with Crippen molar-refractivity contribution in [3.63, 3.8) is 0 Å². The van der Waals surface area contributed by atoms with Gasteiger partial charge in [-0.15, -0.1) is 0 Å². The molecule has 0 unspecified atom stereocenters. The zero-order valence-electron chi connectivity index (χ0n) is 11.3. The van der Waals surface area contributed by atoms with Gasteiger partial charge in [-0.1, -0.05) is 35.0 Å². The molecular formula is C15H17N3OS. The molecule has 5 heteroatoms. The van der Waals surface area contributed by atoms with E-state index < -0.39 is 0 Å². The summed E-state index contributed by atoms with van der Waals surface area (Å²) < 4.78 is 0. The van der Waals surface area contributed by atoms with Crippen LogP contribution >= 0.6 is 11.8 Å². The summed E-state index contributed by atoms with van der Waals surface area (Å²) in [4.78, 5) is 4.06. The molecule has 1 aromatic heterocycles. The molecule has 1 heterocycles. The number of pyridine rings is 1. The molecule has 2 rings (SSSR count). The highest BCUT2D eigenvalue weighted by molar-refractivity contribution is 7.97. The summed E-state index contributed by atoms with van der Waals surface area (Å²) in [6.45, 7) is 2.10. The Kier molecular flexibility index (Phi) is 5.01. The van der Waals surface area contributed by atoms with Crippen LogP contribution in [0.1, 0.15) is 22.4 Å². The van der Waals surface area contributed by atoms with Gasteiger partial charge < -0.3 is 10.9 Å². The molecule has 0 aliphatic rings. The third kappa shape index (κ3) is 3.99. The molecule has 0 aliphatic carbocycles. The van der Waals surface area contributed by atoms with E-state index in [0.29, 0.717) is 5.69 Å². The van der Waals surface area contributed by atoms with Crippen LogP contribution in [-0.4, -0.2) is 16.0 Å². The number of nitrogens with two attached hydrogens (primary N) is 1. The largest absolute Gasteiger partial charge is 0.409 e. The Hall–Kier alpha value is -2.01. The van der Waals surface area contributed by atoms with Crippen molar-refractivity contribution < 1.29 is 5.21 Å². The second-order valence-electron chi connectivity index (χ2n) is 4.52. The summed E-state index contributed by atoms with van der Waals surface area (Å²) in [5.41, 5.74) is 9.74. The summed E-state index contributed by atoms with van der Waals surface area (Å²) in [6, 6.07) is 12.3. The lowest BCUT2D eigenvalue weighted by atomic mass is 10.2. The molecule has 0 aliphatic heterocycles. The van der Waals surface area contributed by atoms with Crippen LogP contribution in [0.25, 0.3) is 0 Å². The molecule has 0 bridgehead atoms. The SMILES string of the molecule is Cc1cccc(CSCc2ccnc(C(N)=NO)c2)c1. The summed E-state index contributed by atoms with van der Waals surface area (Å²) in [5.74, 6) is 1.86. The van der Waals surface area contributed by atoms with E-state index in [1.54, 1.807) is 6.20 Å². The van der Waals surface area contributed by atoms with Crippen LogP contribution in [0.4, 0.5) is 0 Å². The Balaban J connectivity index is 1.94. The van der Waals surface area contributed by atoms with Crippen molar-refractivity contribution in [2.75, 3.05) is 0 Å². The van der Waals surface area contributed by atoms with E-state index in [9.17, 15) is 0 Å². The maximum absolute atomic E-state index is 8.65. The fourth-order valence-corrected chi connectivity index (χ4v) is 2.78. The Morgan fingerprint density at radius 3 is 2.70 bits per heavy atom. The van der Waals surface area contributed by atoms with Crippen molar-refractivity contribution in [2.24, 2.45) is 10.9 Å². The Morgan fingerprint density at radius 1 is 1.25 bits per heavy atom. The minimum Gasteiger partial charge on any atom is -0.409 e. The van der Waals surface area contributed by atoms with Gasteiger partial charge in [0.1, 0.15) is 5.69 Å². The van der Waals surface area contributed by atoms with Gasteiger partial charge in [0.25, 0.3) is 0 Å². The van der Waals surface area contributed by atoms with Gasteiger partial charge in [0.15, 0.2) is 5.84 Å². The zero-order valence-corrected chi connectivity index (χ0v) is 12.1. The second kappa shape index (κ2) is 6.96. The van der Waals surface area contributed by atoms with E-state index in [4.69, 9.17) is 10.9 Å². The number of nitrogens with zero attached hydrogens (tertiary/aromatic N) is 2. The molecule has 4 nitrogen and oxygen atoms in total. The number of thioether (sulfide) groups is 1. The zero-order chi connectivity index (χ0) is 14.4. The first-order valence-corrected chi connectivity index (χ1v) is 7.40. The van der Waals surface area contributed by atoms with Gasteiger partial charge in [0, 0.05) is 17.7 Å². The maximum Gasteiger partial charge on any atom is 0.188 e. The van der Waals surface area contributed by atoms with Crippen molar-refractivity contribution in [3.8, 4) is 0 Å². The molecule has 3 N–H and O–H groups in total. The molecule has 20 heavy (non-hydrogen) atoms. The van der Waals surface area contributed by atoms with Crippen molar-refractivity contribution in [3.05, 3.63) is 65.0 Å². The van der Waals surface area contributed by atoms with Gasteiger partial charge in [0.2, 0.25) is 0 Å². The van der Waals surface area contributed by atoms with Crippen molar-refractivity contribution in [1.82, 2.24) is 4.98 Å². The van der Waals surface area contributed by atoms with Gasteiger partial charge in [-0.05, 0) is 30.2 Å². The molecule has 1 aromatic carbocycles. The fourth-order valence-electron chi connectivity index (χ4n) is 1.84. The molecule has 2 aromatic rings. The molecule has 104 valence electrons. The van der Waals surface area contributed by atoms with E-state index in [0.717, 1.165) is 17.1 Å². The summed E-state index contributed by atoms with van der Waals surface area (Å²) in [5, 5.41) is 11.6. The molecule has 0 spiro atoms. The first-order valence-electron chi connectivity index (χ1n) is 6.25. The van der Waals surface area contributed by atoms with Crippen molar-refractivity contribution >= 4 is 17.6 Å². The van der Waals surface area contributed by atoms with Crippen molar-refractivity contribution in [1.29, 1.82) is 0 Å². The Labute approximate surface area is 122 Å². The van der Waals surface area contributed by atoms with Crippen LogP contribution in [0.3, 0.4) is 0 Å². The van der Waals surface area contributed by atoms with Gasteiger partial charge >= 0.3 is 0 Å². The second-order valence-corrected chi connectivity index (χ2v) is 5.50. The monoisotopic (exact) mass is 287 g/mol. The third-order valence-electron chi connectivity index (χ3n) is 2.81. The first kappa shape index (κ1) is 14.4. The lowest BCUT2D eigenvalue weighted by molar-refractivity contribution is 0.318. The molecule has 0 fully saturated rings. The predicted molar refractivity (Wildman–Crippen MR) is 82.9 cm³/mol. The fraction of sp³-hybridized carbons (Fsp3) is 0.200. The Morgan fingerprint density at radius 2 is 2.00 bits per heavy atom. The summed E-state index contributed by atoms with van der Waals surface area (Å²) in [7, 11) is 0. The van der Waals surface area contributed by atoms with Gasteiger partial charge in [-0.3, -0.25) is 4.98 Å². The quantitative estimate of drug-likeness (QED) is 0.384. The maximum atomic E-state index is 8.65. The average molecular weight is 287 g/mol. The van der Waals surface area contributed by atoms with E-state index >= 15 is 0 Å². The molecule has 0 radical (unpaired) electrons. The van der Waals surface area contributed by atoms with Crippen LogP contribution in [0.2, 0.25) is 0 Å². The lowest BCUT2D eigenvalue weighted by Crippen LogP contribution is -2.15. The highest BCUT2D eigenvalue weighted by Crippen LogP contribution is 2.18. The molecule has 0 amide bonds. The normalized spacial score (nSPS) is 11.6. The number of oxime groups is 1. The van der Waals surface area contributed by atoms with Crippen LogP contribution < -0.4 is 5.73 Å². The van der Waals surface area contributed by atoms with Gasteiger partial charge in [0.05, 0.1) is 0 Å². The predicted octanol–water partition coefficient (Wildman–Crippen LogP) is 2.92. The highest BCUT2D eigenvalue weighted by atomic mass is 32.2.